The van der Waals surface area contributed by atoms with E-state index in [2.05, 4.69) is 0 Å². The van der Waals surface area contributed by atoms with Gasteiger partial charge in [0.1, 0.15) is 5.75 Å². The van der Waals surface area contributed by atoms with Gasteiger partial charge in [0, 0.05) is 17.5 Å². The first kappa shape index (κ1) is 12.1. The standard InChI is InChI=1S/C14H19NO2/c1-10-8-11(17-2)4-5-12(10)13(16)14(9-15)6-3-7-14/h4-5,8H,3,6-7,9,15H2,1-2H3. The second-order valence-electron chi connectivity index (χ2n) is 4.85. The van der Waals surface area contributed by atoms with E-state index in [-0.39, 0.29) is 11.2 Å². The van der Waals surface area contributed by atoms with Crippen LogP contribution in [-0.4, -0.2) is 19.4 Å². The molecule has 1 aliphatic rings. The quantitative estimate of drug-likeness (QED) is 0.812. The number of carbonyl (C=O) groups is 1. The van der Waals surface area contributed by atoms with Gasteiger partial charge in [0.2, 0.25) is 0 Å². The topological polar surface area (TPSA) is 52.3 Å². The molecule has 0 aliphatic heterocycles. The molecule has 0 saturated heterocycles. The fourth-order valence-electron chi connectivity index (χ4n) is 2.43. The summed E-state index contributed by atoms with van der Waals surface area (Å²) in [5.74, 6) is 0.987. The van der Waals surface area contributed by atoms with E-state index in [0.717, 1.165) is 36.1 Å². The van der Waals surface area contributed by atoms with E-state index in [9.17, 15) is 4.79 Å². The molecular formula is C14H19NO2. The first-order valence-electron chi connectivity index (χ1n) is 6.02. The van der Waals surface area contributed by atoms with E-state index in [0.29, 0.717) is 6.54 Å². The maximum absolute atomic E-state index is 12.5. The molecule has 0 unspecified atom stereocenters. The van der Waals surface area contributed by atoms with Crippen LogP contribution in [0.4, 0.5) is 0 Å². The average molecular weight is 233 g/mol. The zero-order chi connectivity index (χ0) is 12.5. The van der Waals surface area contributed by atoms with Crippen LogP contribution >= 0.6 is 0 Å². The Balaban J connectivity index is 2.31. The molecule has 3 nitrogen and oxygen atoms in total. The van der Waals surface area contributed by atoms with Gasteiger partial charge in [-0.15, -0.1) is 0 Å². The number of Topliss-reactive ketones (excluding diaryl/α,β-unsaturated/α-hetero) is 1. The normalized spacial score (nSPS) is 17.4. The summed E-state index contributed by atoms with van der Waals surface area (Å²) in [7, 11) is 1.63. The van der Waals surface area contributed by atoms with Crippen LogP contribution in [0.3, 0.4) is 0 Å². The number of carbonyl (C=O) groups excluding carboxylic acids is 1. The fraction of sp³-hybridized carbons (Fsp3) is 0.500. The van der Waals surface area contributed by atoms with Crippen LogP contribution in [0.5, 0.6) is 5.75 Å². The highest BCUT2D eigenvalue weighted by Crippen LogP contribution is 2.43. The van der Waals surface area contributed by atoms with Crippen molar-refractivity contribution in [2.45, 2.75) is 26.2 Å². The molecule has 17 heavy (non-hydrogen) atoms. The van der Waals surface area contributed by atoms with E-state index < -0.39 is 0 Å². The van der Waals surface area contributed by atoms with Gasteiger partial charge >= 0.3 is 0 Å². The lowest BCUT2D eigenvalue weighted by Gasteiger charge is -2.39. The van der Waals surface area contributed by atoms with E-state index in [4.69, 9.17) is 10.5 Å². The van der Waals surface area contributed by atoms with Crippen molar-refractivity contribution in [3.63, 3.8) is 0 Å². The smallest absolute Gasteiger partial charge is 0.170 e. The zero-order valence-corrected chi connectivity index (χ0v) is 10.5. The van der Waals surface area contributed by atoms with Crippen molar-refractivity contribution in [2.24, 2.45) is 11.1 Å². The van der Waals surface area contributed by atoms with Gasteiger partial charge in [0.15, 0.2) is 5.78 Å². The molecule has 0 amide bonds. The Morgan fingerprint density at radius 2 is 2.18 bits per heavy atom. The number of aryl methyl sites for hydroxylation is 1. The number of ketones is 1. The van der Waals surface area contributed by atoms with E-state index in [1.165, 1.54) is 0 Å². The van der Waals surface area contributed by atoms with E-state index in [1.807, 2.05) is 25.1 Å². The molecule has 0 heterocycles. The maximum atomic E-state index is 12.5. The second kappa shape index (κ2) is 4.49. The fourth-order valence-corrected chi connectivity index (χ4v) is 2.43. The third-order valence-electron chi connectivity index (χ3n) is 3.86. The molecule has 3 heteroatoms. The first-order chi connectivity index (χ1) is 8.13. The highest BCUT2D eigenvalue weighted by atomic mass is 16.5. The van der Waals surface area contributed by atoms with E-state index in [1.54, 1.807) is 7.11 Å². The van der Waals surface area contributed by atoms with Crippen molar-refractivity contribution < 1.29 is 9.53 Å². The van der Waals surface area contributed by atoms with Crippen molar-refractivity contribution >= 4 is 5.78 Å². The van der Waals surface area contributed by atoms with Gasteiger partial charge in [-0.3, -0.25) is 4.79 Å². The number of ether oxygens (including phenoxy) is 1. The molecule has 0 bridgehead atoms. The molecule has 1 aromatic carbocycles. The number of benzene rings is 1. The van der Waals surface area contributed by atoms with Crippen LogP contribution in [0, 0.1) is 12.3 Å². The highest BCUT2D eigenvalue weighted by molar-refractivity contribution is 6.02. The Morgan fingerprint density at radius 3 is 2.59 bits per heavy atom. The summed E-state index contributed by atoms with van der Waals surface area (Å²) >= 11 is 0. The van der Waals surface area contributed by atoms with Crippen LogP contribution in [0.15, 0.2) is 18.2 Å². The number of hydrogen-bond acceptors (Lipinski definition) is 3. The molecule has 1 aromatic rings. The number of hydrogen-bond donors (Lipinski definition) is 1. The minimum Gasteiger partial charge on any atom is -0.497 e. The third-order valence-corrected chi connectivity index (χ3v) is 3.86. The minimum absolute atomic E-state index is 0.200. The van der Waals surface area contributed by atoms with Crippen molar-refractivity contribution in [1.82, 2.24) is 0 Å². The predicted octanol–water partition coefficient (Wildman–Crippen LogP) is 2.32. The van der Waals surface area contributed by atoms with Gasteiger partial charge in [-0.1, -0.05) is 6.42 Å². The monoisotopic (exact) mass is 233 g/mol. The average Bonchev–Trinajstić information content (AvgIpc) is 2.28. The SMILES string of the molecule is COc1ccc(C(=O)C2(CN)CCC2)c(C)c1. The van der Waals surface area contributed by atoms with Gasteiger partial charge in [-0.25, -0.2) is 0 Å². The third kappa shape index (κ3) is 1.95. The molecular weight excluding hydrogens is 214 g/mol. The van der Waals surface area contributed by atoms with Crippen molar-refractivity contribution in [2.75, 3.05) is 13.7 Å². The Labute approximate surface area is 102 Å². The molecule has 1 saturated carbocycles. The lowest BCUT2D eigenvalue weighted by atomic mass is 9.64. The summed E-state index contributed by atoms with van der Waals surface area (Å²) in [5, 5.41) is 0. The number of nitrogens with two attached hydrogens (primary N) is 1. The molecule has 92 valence electrons. The Kier molecular flexibility index (Phi) is 3.20. The summed E-state index contributed by atoms with van der Waals surface area (Å²) in [6, 6.07) is 5.59. The second-order valence-corrected chi connectivity index (χ2v) is 4.85. The predicted molar refractivity (Wildman–Crippen MR) is 67.4 cm³/mol. The van der Waals surface area contributed by atoms with Crippen LogP contribution in [0.25, 0.3) is 0 Å². The van der Waals surface area contributed by atoms with Crippen LogP contribution in [-0.2, 0) is 0 Å². The van der Waals surface area contributed by atoms with Crippen molar-refractivity contribution in [1.29, 1.82) is 0 Å². The molecule has 2 rings (SSSR count). The summed E-state index contributed by atoms with van der Waals surface area (Å²) < 4.78 is 5.15. The summed E-state index contributed by atoms with van der Waals surface area (Å²) in [5.41, 5.74) is 7.23. The summed E-state index contributed by atoms with van der Waals surface area (Å²) in [6.45, 7) is 2.40. The lowest BCUT2D eigenvalue weighted by molar-refractivity contribution is 0.0635. The first-order valence-corrected chi connectivity index (χ1v) is 6.02. The Hall–Kier alpha value is -1.35. The van der Waals surface area contributed by atoms with Gasteiger partial charge < -0.3 is 10.5 Å². The minimum atomic E-state index is -0.292. The molecule has 2 N–H and O–H groups in total. The Bertz CT molecular complexity index is 430. The van der Waals surface area contributed by atoms with Gasteiger partial charge in [-0.05, 0) is 43.5 Å². The summed E-state index contributed by atoms with van der Waals surface area (Å²) in [6.07, 6.45) is 2.96. The lowest BCUT2D eigenvalue weighted by Crippen LogP contribution is -2.44. The summed E-state index contributed by atoms with van der Waals surface area (Å²) in [4.78, 5) is 12.5. The van der Waals surface area contributed by atoms with Crippen molar-refractivity contribution in [3.05, 3.63) is 29.3 Å². The number of rotatable bonds is 4. The maximum Gasteiger partial charge on any atom is 0.170 e. The van der Waals surface area contributed by atoms with Crippen LogP contribution in [0.2, 0.25) is 0 Å². The largest absolute Gasteiger partial charge is 0.497 e. The molecule has 0 atom stereocenters. The van der Waals surface area contributed by atoms with Gasteiger partial charge in [-0.2, -0.15) is 0 Å². The zero-order valence-electron chi connectivity index (χ0n) is 10.5. The number of methoxy groups -OCH3 is 1. The van der Waals surface area contributed by atoms with Gasteiger partial charge in [0.25, 0.3) is 0 Å². The van der Waals surface area contributed by atoms with Crippen molar-refractivity contribution in [3.8, 4) is 5.75 Å². The highest BCUT2D eigenvalue weighted by Gasteiger charge is 2.43. The van der Waals surface area contributed by atoms with E-state index >= 15 is 0 Å². The molecule has 1 fully saturated rings. The Morgan fingerprint density at radius 1 is 1.47 bits per heavy atom. The van der Waals surface area contributed by atoms with Crippen LogP contribution < -0.4 is 10.5 Å². The van der Waals surface area contributed by atoms with Gasteiger partial charge in [0.05, 0.1) is 7.11 Å². The van der Waals surface area contributed by atoms with Crippen LogP contribution in [0.1, 0.15) is 35.2 Å². The molecule has 0 radical (unpaired) electrons. The molecule has 1 aliphatic carbocycles. The molecule has 0 aromatic heterocycles. The molecule has 0 spiro atoms.